The van der Waals surface area contributed by atoms with Crippen molar-refractivity contribution in [1.29, 1.82) is 0 Å². The molecule has 2 aromatic rings. The molecule has 0 amide bonds. The number of hydrogen-bond acceptors (Lipinski definition) is 5. The highest BCUT2D eigenvalue weighted by Crippen LogP contribution is 2.30. The number of rotatable bonds is 6. The number of nitro groups is 1. The lowest BCUT2D eigenvalue weighted by Gasteiger charge is -2.33. The van der Waals surface area contributed by atoms with Crippen LogP contribution in [0.1, 0.15) is 5.56 Å². The molecule has 3 rings (SSSR count). The van der Waals surface area contributed by atoms with Gasteiger partial charge in [0.05, 0.1) is 4.92 Å². The smallest absolute Gasteiger partial charge is 0.290 e. The highest BCUT2D eigenvalue weighted by Gasteiger charge is 2.33. The topological polar surface area (TPSA) is 83.8 Å². The molecule has 0 radical (unpaired) electrons. The number of sulfonamides is 1. The van der Waals surface area contributed by atoms with E-state index in [9.17, 15) is 18.5 Å². The molecule has 0 aromatic heterocycles. The van der Waals surface area contributed by atoms with Crippen LogP contribution < -0.4 is 0 Å². The van der Waals surface area contributed by atoms with Gasteiger partial charge in [-0.2, -0.15) is 4.31 Å². The second kappa shape index (κ2) is 8.35. The van der Waals surface area contributed by atoms with Crippen LogP contribution in [0.2, 0.25) is 5.02 Å². The van der Waals surface area contributed by atoms with Crippen molar-refractivity contribution < 1.29 is 13.3 Å². The Bertz CT molecular complexity index is 913. The van der Waals surface area contributed by atoms with Crippen LogP contribution in [0, 0.1) is 10.1 Å². The third-order valence-corrected chi connectivity index (χ3v) is 6.81. The van der Waals surface area contributed by atoms with Gasteiger partial charge in [0.2, 0.25) is 10.0 Å². The van der Waals surface area contributed by atoms with Crippen molar-refractivity contribution in [1.82, 2.24) is 9.21 Å². The average molecular weight is 410 g/mol. The minimum Gasteiger partial charge on any atom is -0.300 e. The maximum absolute atomic E-state index is 12.9. The molecule has 144 valence electrons. The van der Waals surface area contributed by atoms with E-state index in [0.717, 1.165) is 19.0 Å². The summed E-state index contributed by atoms with van der Waals surface area (Å²) in [5.41, 5.74) is 0.748. The number of nitro benzene ring substituents is 1. The molecule has 0 unspecified atom stereocenters. The zero-order valence-corrected chi connectivity index (χ0v) is 16.2. The van der Waals surface area contributed by atoms with Crippen LogP contribution in [-0.4, -0.2) is 55.3 Å². The standard InChI is InChI=1S/C18H20ClN3O4S/c19-16-6-7-18(17(14-16)22(23)24)27(25,26)21-12-10-20(11-13-21)9-8-15-4-2-1-3-5-15/h1-7,14H,8-13H2. The van der Waals surface area contributed by atoms with Crippen molar-refractivity contribution in [3.63, 3.8) is 0 Å². The first-order chi connectivity index (χ1) is 12.9. The summed E-state index contributed by atoms with van der Waals surface area (Å²) in [5.74, 6) is 0. The fourth-order valence-corrected chi connectivity index (χ4v) is 4.84. The molecular formula is C18H20ClN3O4S. The lowest BCUT2D eigenvalue weighted by molar-refractivity contribution is -0.387. The second-order valence-corrected chi connectivity index (χ2v) is 8.69. The Morgan fingerprint density at radius 3 is 2.33 bits per heavy atom. The molecular weight excluding hydrogens is 390 g/mol. The van der Waals surface area contributed by atoms with Crippen LogP contribution in [0.15, 0.2) is 53.4 Å². The first-order valence-electron chi connectivity index (χ1n) is 8.58. The summed E-state index contributed by atoms with van der Waals surface area (Å²) in [4.78, 5) is 12.4. The monoisotopic (exact) mass is 409 g/mol. The van der Waals surface area contributed by atoms with Crippen LogP contribution >= 0.6 is 11.6 Å². The van der Waals surface area contributed by atoms with E-state index < -0.39 is 20.6 Å². The van der Waals surface area contributed by atoms with E-state index >= 15 is 0 Å². The molecule has 0 N–H and O–H groups in total. The molecule has 1 aliphatic rings. The summed E-state index contributed by atoms with van der Waals surface area (Å²) in [6.45, 7) is 2.63. The molecule has 1 aliphatic heterocycles. The molecule has 9 heteroatoms. The van der Waals surface area contributed by atoms with Crippen molar-refractivity contribution in [3.05, 3.63) is 69.2 Å². The molecule has 1 heterocycles. The van der Waals surface area contributed by atoms with Crippen molar-refractivity contribution in [2.45, 2.75) is 11.3 Å². The number of nitrogens with zero attached hydrogens (tertiary/aromatic N) is 3. The molecule has 0 bridgehead atoms. The van der Waals surface area contributed by atoms with Gasteiger partial charge in [-0.15, -0.1) is 0 Å². The predicted octanol–water partition coefficient (Wildman–Crippen LogP) is 2.80. The van der Waals surface area contributed by atoms with Crippen LogP contribution in [0.5, 0.6) is 0 Å². The Kier molecular flexibility index (Phi) is 6.11. The van der Waals surface area contributed by atoms with E-state index in [0.29, 0.717) is 26.2 Å². The van der Waals surface area contributed by atoms with Crippen LogP contribution in [0.25, 0.3) is 0 Å². The zero-order valence-electron chi connectivity index (χ0n) is 14.6. The van der Waals surface area contributed by atoms with Crippen molar-refractivity contribution in [2.24, 2.45) is 0 Å². The van der Waals surface area contributed by atoms with Gasteiger partial charge in [-0.3, -0.25) is 10.1 Å². The minimum atomic E-state index is -3.94. The van der Waals surface area contributed by atoms with E-state index in [1.807, 2.05) is 18.2 Å². The van der Waals surface area contributed by atoms with Gasteiger partial charge >= 0.3 is 0 Å². The molecule has 0 spiro atoms. The lowest BCUT2D eigenvalue weighted by atomic mass is 10.1. The molecule has 2 aromatic carbocycles. The van der Waals surface area contributed by atoms with E-state index in [-0.39, 0.29) is 9.92 Å². The fraction of sp³-hybridized carbons (Fsp3) is 0.333. The SMILES string of the molecule is O=[N+]([O-])c1cc(Cl)ccc1S(=O)(=O)N1CCN(CCc2ccccc2)CC1. The molecule has 0 saturated carbocycles. The maximum atomic E-state index is 12.9. The van der Waals surface area contributed by atoms with Gasteiger partial charge in [-0.05, 0) is 24.1 Å². The Labute approximate surface area is 163 Å². The highest BCUT2D eigenvalue weighted by molar-refractivity contribution is 7.89. The van der Waals surface area contributed by atoms with Gasteiger partial charge in [-0.1, -0.05) is 41.9 Å². The largest absolute Gasteiger partial charge is 0.300 e. The first-order valence-corrected chi connectivity index (χ1v) is 10.4. The van der Waals surface area contributed by atoms with Gasteiger partial charge in [0.1, 0.15) is 0 Å². The van der Waals surface area contributed by atoms with Gasteiger partial charge in [0.15, 0.2) is 4.90 Å². The quantitative estimate of drug-likeness (QED) is 0.541. The van der Waals surface area contributed by atoms with E-state index in [1.165, 1.54) is 22.0 Å². The summed E-state index contributed by atoms with van der Waals surface area (Å²) in [6, 6.07) is 13.8. The van der Waals surface area contributed by atoms with Gasteiger partial charge in [0.25, 0.3) is 5.69 Å². The van der Waals surface area contributed by atoms with E-state index in [1.54, 1.807) is 0 Å². The zero-order chi connectivity index (χ0) is 19.4. The third-order valence-electron chi connectivity index (χ3n) is 4.63. The summed E-state index contributed by atoms with van der Waals surface area (Å²) >= 11 is 5.78. The Balaban J connectivity index is 1.66. The molecule has 1 fully saturated rings. The Morgan fingerprint density at radius 1 is 1.04 bits per heavy atom. The van der Waals surface area contributed by atoms with Gasteiger partial charge in [0, 0.05) is 43.8 Å². The predicted molar refractivity (Wildman–Crippen MR) is 103 cm³/mol. The number of piperazine rings is 1. The van der Waals surface area contributed by atoms with Gasteiger partial charge in [-0.25, -0.2) is 8.42 Å². The normalized spacial score (nSPS) is 16.3. The van der Waals surface area contributed by atoms with Crippen LogP contribution in [0.3, 0.4) is 0 Å². The number of halogens is 1. The van der Waals surface area contributed by atoms with Gasteiger partial charge < -0.3 is 4.90 Å². The molecule has 1 saturated heterocycles. The van der Waals surface area contributed by atoms with E-state index in [2.05, 4.69) is 17.0 Å². The lowest BCUT2D eigenvalue weighted by Crippen LogP contribution is -2.49. The Hall–Kier alpha value is -2.00. The van der Waals surface area contributed by atoms with Crippen molar-refractivity contribution in [2.75, 3.05) is 32.7 Å². The molecule has 0 aliphatic carbocycles. The summed E-state index contributed by atoms with van der Waals surface area (Å²) in [5, 5.41) is 11.4. The van der Waals surface area contributed by atoms with E-state index in [4.69, 9.17) is 11.6 Å². The fourth-order valence-electron chi connectivity index (χ4n) is 3.12. The molecule has 7 nitrogen and oxygen atoms in total. The van der Waals surface area contributed by atoms with Crippen LogP contribution in [-0.2, 0) is 16.4 Å². The molecule has 27 heavy (non-hydrogen) atoms. The summed E-state index contributed by atoms with van der Waals surface area (Å²) < 4.78 is 27.0. The second-order valence-electron chi connectivity index (χ2n) is 6.35. The van der Waals surface area contributed by atoms with Crippen molar-refractivity contribution in [3.8, 4) is 0 Å². The Morgan fingerprint density at radius 2 is 1.70 bits per heavy atom. The van der Waals surface area contributed by atoms with Crippen LogP contribution in [0.4, 0.5) is 5.69 Å². The summed E-state index contributed by atoms with van der Waals surface area (Å²) in [7, 11) is -3.94. The molecule has 0 atom stereocenters. The minimum absolute atomic E-state index is 0.131. The number of hydrogen-bond donors (Lipinski definition) is 0. The summed E-state index contributed by atoms with van der Waals surface area (Å²) in [6.07, 6.45) is 0.899. The third kappa shape index (κ3) is 4.65. The number of benzene rings is 2. The highest BCUT2D eigenvalue weighted by atomic mass is 35.5. The maximum Gasteiger partial charge on any atom is 0.290 e. The first kappa shape index (κ1) is 19.8. The average Bonchev–Trinajstić information content (AvgIpc) is 2.67. The van der Waals surface area contributed by atoms with Crippen molar-refractivity contribution >= 4 is 27.3 Å².